The Balaban J connectivity index is 1.81. The lowest BCUT2D eigenvalue weighted by atomic mass is 9.87. The van der Waals surface area contributed by atoms with Gasteiger partial charge in [-0.05, 0) is 24.8 Å². The second kappa shape index (κ2) is 9.11. The molecule has 0 aliphatic heterocycles. The highest BCUT2D eigenvalue weighted by molar-refractivity contribution is 5.85. The molecule has 2 N–H and O–H groups in total. The Hall–Kier alpha value is -2.49. The van der Waals surface area contributed by atoms with Crippen LogP contribution < -0.4 is 10.6 Å². The molecule has 1 aliphatic rings. The molecule has 1 saturated carbocycles. The van der Waals surface area contributed by atoms with E-state index in [1.807, 2.05) is 0 Å². The Morgan fingerprint density at radius 1 is 1.20 bits per heavy atom. The minimum Gasteiger partial charge on any atom is -0.347 e. The van der Waals surface area contributed by atoms with Crippen LogP contribution in [0.1, 0.15) is 50.1 Å². The molecule has 7 heteroatoms. The summed E-state index contributed by atoms with van der Waals surface area (Å²) in [5.41, 5.74) is -0.120. The Morgan fingerprint density at radius 2 is 1.92 bits per heavy atom. The van der Waals surface area contributed by atoms with Crippen molar-refractivity contribution in [1.82, 2.24) is 10.6 Å². The largest absolute Gasteiger partial charge is 0.347 e. The minimum atomic E-state index is -1.25. The lowest BCUT2D eigenvalue weighted by Crippen LogP contribution is -2.39. The van der Waals surface area contributed by atoms with Gasteiger partial charge in [-0.25, -0.2) is 8.78 Å². The quantitative estimate of drug-likeness (QED) is 0.828. The van der Waals surface area contributed by atoms with Gasteiger partial charge in [0.15, 0.2) is 0 Å². The van der Waals surface area contributed by atoms with E-state index in [9.17, 15) is 18.4 Å². The summed E-state index contributed by atoms with van der Waals surface area (Å²) in [6.07, 6.45) is 5.91. The van der Waals surface area contributed by atoms with Crippen LogP contribution in [0.2, 0.25) is 0 Å². The predicted molar refractivity (Wildman–Crippen MR) is 87.1 cm³/mol. The second-order valence-corrected chi connectivity index (χ2v) is 6.28. The molecule has 0 spiro atoms. The number of halogens is 2. The van der Waals surface area contributed by atoms with Gasteiger partial charge < -0.3 is 10.6 Å². The second-order valence-electron chi connectivity index (χ2n) is 6.28. The first-order chi connectivity index (χ1) is 12.0. The normalized spacial score (nSPS) is 15.9. The molecule has 0 heterocycles. The number of benzene rings is 1. The first-order valence-electron chi connectivity index (χ1n) is 8.40. The van der Waals surface area contributed by atoms with Crippen LogP contribution in [0, 0.1) is 28.9 Å². The number of hydrogen-bond donors (Lipinski definition) is 2. The summed E-state index contributed by atoms with van der Waals surface area (Å²) in [5, 5.41) is 13.9. The van der Waals surface area contributed by atoms with E-state index in [2.05, 4.69) is 10.6 Å². The fourth-order valence-corrected chi connectivity index (χ4v) is 3.03. The van der Waals surface area contributed by atoms with Gasteiger partial charge in [0, 0.05) is 18.1 Å². The number of nitrogens with one attached hydrogen (secondary N) is 2. The van der Waals surface area contributed by atoms with E-state index in [0.717, 1.165) is 37.8 Å². The molecule has 0 radical (unpaired) electrons. The van der Waals surface area contributed by atoms with Crippen molar-refractivity contribution in [3.8, 4) is 6.07 Å². The topological polar surface area (TPSA) is 82.0 Å². The summed E-state index contributed by atoms with van der Waals surface area (Å²) in [4.78, 5) is 23.8. The van der Waals surface area contributed by atoms with Crippen molar-refractivity contribution >= 4 is 11.8 Å². The zero-order chi connectivity index (χ0) is 18.2. The number of carbonyl (C=O) groups is 2. The molecule has 134 valence electrons. The molecule has 1 aliphatic carbocycles. The van der Waals surface area contributed by atoms with Gasteiger partial charge in [-0.3, -0.25) is 9.59 Å². The number of amides is 2. The number of rotatable bonds is 6. The molecule has 1 aromatic carbocycles. The minimum absolute atomic E-state index is 0.120. The molecule has 0 aromatic heterocycles. The van der Waals surface area contributed by atoms with E-state index in [-0.39, 0.29) is 18.0 Å². The predicted octanol–water partition coefficient (Wildman–Crippen LogP) is 2.73. The average Bonchev–Trinajstić information content (AvgIpc) is 2.59. The first-order valence-corrected chi connectivity index (χ1v) is 8.40. The standard InChI is InChI=1S/C18H21F2N3O2/c19-13-6-7-14(15(20)9-13)16(10-21)23-18(25)11-22-17(24)8-12-4-2-1-3-5-12/h6-7,9,12,16H,1-5,8,11H2,(H,22,24)(H,23,25). The third-order valence-corrected chi connectivity index (χ3v) is 4.35. The van der Waals surface area contributed by atoms with Gasteiger partial charge in [-0.1, -0.05) is 25.3 Å². The van der Waals surface area contributed by atoms with Crippen LogP contribution >= 0.6 is 0 Å². The van der Waals surface area contributed by atoms with Crippen molar-refractivity contribution in [2.45, 2.75) is 44.6 Å². The maximum atomic E-state index is 13.7. The van der Waals surface area contributed by atoms with Crippen LogP contribution in [0.5, 0.6) is 0 Å². The molecule has 2 rings (SSSR count). The van der Waals surface area contributed by atoms with E-state index in [1.54, 1.807) is 6.07 Å². The number of nitriles is 1. The van der Waals surface area contributed by atoms with Gasteiger partial charge in [-0.15, -0.1) is 0 Å². The SMILES string of the molecule is N#CC(NC(=O)CNC(=O)CC1CCCCC1)c1ccc(F)cc1F. The smallest absolute Gasteiger partial charge is 0.240 e. The summed E-state index contributed by atoms with van der Waals surface area (Å²) in [7, 11) is 0. The third kappa shape index (κ3) is 5.82. The lowest BCUT2D eigenvalue weighted by Gasteiger charge is -2.20. The molecule has 0 bridgehead atoms. The summed E-state index contributed by atoms with van der Waals surface area (Å²) in [5.74, 6) is -2.12. The molecule has 2 amide bonds. The number of nitrogens with zero attached hydrogens (tertiary/aromatic N) is 1. The van der Waals surface area contributed by atoms with Gasteiger partial charge >= 0.3 is 0 Å². The molecular weight excluding hydrogens is 328 g/mol. The van der Waals surface area contributed by atoms with E-state index in [1.165, 1.54) is 6.42 Å². The molecule has 1 atom stereocenters. The average molecular weight is 349 g/mol. The van der Waals surface area contributed by atoms with Crippen molar-refractivity contribution < 1.29 is 18.4 Å². The molecular formula is C18H21F2N3O2. The van der Waals surface area contributed by atoms with Crippen molar-refractivity contribution in [2.75, 3.05) is 6.54 Å². The van der Waals surface area contributed by atoms with Gasteiger partial charge in [-0.2, -0.15) is 5.26 Å². The van der Waals surface area contributed by atoms with E-state index < -0.39 is 23.6 Å². The van der Waals surface area contributed by atoms with E-state index in [0.29, 0.717) is 18.4 Å². The number of carbonyl (C=O) groups excluding carboxylic acids is 2. The van der Waals surface area contributed by atoms with Crippen LogP contribution in [-0.2, 0) is 9.59 Å². The Bertz CT molecular complexity index is 667. The van der Waals surface area contributed by atoms with Crippen molar-refractivity contribution in [2.24, 2.45) is 5.92 Å². The van der Waals surface area contributed by atoms with Crippen LogP contribution in [0.3, 0.4) is 0 Å². The molecule has 1 fully saturated rings. The number of hydrogen-bond acceptors (Lipinski definition) is 3. The Morgan fingerprint density at radius 3 is 2.56 bits per heavy atom. The highest BCUT2D eigenvalue weighted by atomic mass is 19.1. The molecule has 1 unspecified atom stereocenters. The van der Waals surface area contributed by atoms with Crippen molar-refractivity contribution in [3.05, 3.63) is 35.4 Å². The molecule has 5 nitrogen and oxygen atoms in total. The highest BCUT2D eigenvalue weighted by Crippen LogP contribution is 2.26. The van der Waals surface area contributed by atoms with Crippen LogP contribution in [0.15, 0.2) is 18.2 Å². The lowest BCUT2D eigenvalue weighted by molar-refractivity contribution is -0.127. The Labute approximate surface area is 145 Å². The van der Waals surface area contributed by atoms with Crippen LogP contribution in [0.25, 0.3) is 0 Å². The van der Waals surface area contributed by atoms with Crippen LogP contribution in [-0.4, -0.2) is 18.4 Å². The van der Waals surface area contributed by atoms with Gasteiger partial charge in [0.1, 0.15) is 17.7 Å². The maximum Gasteiger partial charge on any atom is 0.240 e. The van der Waals surface area contributed by atoms with Crippen molar-refractivity contribution in [1.29, 1.82) is 5.26 Å². The fraction of sp³-hybridized carbons (Fsp3) is 0.500. The first kappa shape index (κ1) is 18.8. The molecule has 0 saturated heterocycles. The zero-order valence-electron chi connectivity index (χ0n) is 13.9. The van der Waals surface area contributed by atoms with Crippen molar-refractivity contribution in [3.63, 3.8) is 0 Å². The zero-order valence-corrected chi connectivity index (χ0v) is 13.9. The molecule has 1 aromatic rings. The maximum absolute atomic E-state index is 13.7. The molecule has 25 heavy (non-hydrogen) atoms. The highest BCUT2D eigenvalue weighted by Gasteiger charge is 2.20. The summed E-state index contributed by atoms with van der Waals surface area (Å²) >= 11 is 0. The van der Waals surface area contributed by atoms with Gasteiger partial charge in [0.05, 0.1) is 12.6 Å². The van der Waals surface area contributed by atoms with Crippen LogP contribution in [0.4, 0.5) is 8.78 Å². The van der Waals surface area contributed by atoms with Gasteiger partial charge in [0.25, 0.3) is 0 Å². The third-order valence-electron chi connectivity index (χ3n) is 4.35. The van der Waals surface area contributed by atoms with Gasteiger partial charge in [0.2, 0.25) is 11.8 Å². The summed E-state index contributed by atoms with van der Waals surface area (Å²) in [6.45, 7) is -0.285. The Kier molecular flexibility index (Phi) is 6.87. The summed E-state index contributed by atoms with van der Waals surface area (Å²) < 4.78 is 26.6. The fourth-order valence-electron chi connectivity index (χ4n) is 3.03. The summed E-state index contributed by atoms with van der Waals surface area (Å²) in [6, 6.07) is 3.29. The van der Waals surface area contributed by atoms with E-state index in [4.69, 9.17) is 5.26 Å². The van der Waals surface area contributed by atoms with E-state index >= 15 is 0 Å². The monoisotopic (exact) mass is 349 g/mol.